The standard InChI is InChI=1S/C15H18F3NO2S/c16-15(17,18)22(20,21)13-3-1-2-11(7-13)6-12-4-5-14(8-12)9-19-10-14/h1-3,7,12,19H,4-6,8-10H2/t12-/m1/s1. The number of nitrogens with one attached hydrogen (secondary N) is 1. The summed E-state index contributed by atoms with van der Waals surface area (Å²) >= 11 is 0. The van der Waals surface area contributed by atoms with Crippen LogP contribution in [0.2, 0.25) is 0 Å². The van der Waals surface area contributed by atoms with E-state index in [-0.39, 0.29) is 0 Å². The van der Waals surface area contributed by atoms with Gasteiger partial charge in [0, 0.05) is 13.1 Å². The number of hydrogen-bond donors (Lipinski definition) is 1. The van der Waals surface area contributed by atoms with E-state index < -0.39 is 20.2 Å². The van der Waals surface area contributed by atoms with E-state index in [1.165, 1.54) is 12.1 Å². The van der Waals surface area contributed by atoms with Gasteiger partial charge in [-0.15, -0.1) is 0 Å². The predicted molar refractivity (Wildman–Crippen MR) is 76.0 cm³/mol. The van der Waals surface area contributed by atoms with Crippen molar-refractivity contribution >= 4 is 9.84 Å². The molecule has 122 valence electrons. The van der Waals surface area contributed by atoms with Gasteiger partial charge in [-0.1, -0.05) is 12.1 Å². The highest BCUT2D eigenvalue weighted by Crippen LogP contribution is 2.45. The molecule has 1 N–H and O–H groups in total. The predicted octanol–water partition coefficient (Wildman–Crippen LogP) is 2.91. The summed E-state index contributed by atoms with van der Waals surface area (Å²) in [6.07, 6.45) is 3.91. The lowest BCUT2D eigenvalue weighted by atomic mass is 9.79. The Morgan fingerprint density at radius 1 is 1.27 bits per heavy atom. The molecule has 0 bridgehead atoms. The molecule has 0 amide bonds. The van der Waals surface area contributed by atoms with E-state index >= 15 is 0 Å². The molecule has 1 aliphatic carbocycles. The van der Waals surface area contributed by atoms with Gasteiger partial charge >= 0.3 is 5.51 Å². The quantitative estimate of drug-likeness (QED) is 0.925. The summed E-state index contributed by atoms with van der Waals surface area (Å²) in [4.78, 5) is -0.657. The third-order valence-corrected chi connectivity index (χ3v) is 6.33. The average molecular weight is 333 g/mol. The van der Waals surface area contributed by atoms with Crippen LogP contribution in [0.3, 0.4) is 0 Å². The largest absolute Gasteiger partial charge is 0.501 e. The highest BCUT2D eigenvalue weighted by Gasteiger charge is 2.47. The van der Waals surface area contributed by atoms with Crippen molar-refractivity contribution < 1.29 is 21.6 Å². The second-order valence-electron chi connectivity index (χ2n) is 6.51. The van der Waals surface area contributed by atoms with Crippen LogP contribution in [0.15, 0.2) is 29.2 Å². The Hall–Kier alpha value is -1.08. The van der Waals surface area contributed by atoms with Gasteiger partial charge in [-0.25, -0.2) is 8.42 Å². The molecule has 0 unspecified atom stereocenters. The molecular formula is C15H18F3NO2S. The molecule has 1 aromatic rings. The van der Waals surface area contributed by atoms with Crippen molar-refractivity contribution in [3.63, 3.8) is 0 Å². The first-order chi connectivity index (χ1) is 10.2. The fraction of sp³-hybridized carbons (Fsp3) is 0.600. The summed E-state index contributed by atoms with van der Waals surface area (Å²) in [7, 11) is -5.26. The smallest absolute Gasteiger partial charge is 0.316 e. The van der Waals surface area contributed by atoms with E-state index in [1.807, 2.05) is 0 Å². The lowest BCUT2D eigenvalue weighted by molar-refractivity contribution is -0.0436. The third kappa shape index (κ3) is 2.76. The highest BCUT2D eigenvalue weighted by atomic mass is 32.2. The lowest BCUT2D eigenvalue weighted by Gasteiger charge is -2.39. The SMILES string of the molecule is O=S(=O)(c1cccc(C[C@H]2CCC3(CNC3)C2)c1)C(F)(F)F. The van der Waals surface area contributed by atoms with Crippen molar-refractivity contribution in [1.82, 2.24) is 5.32 Å². The molecule has 2 fully saturated rings. The summed E-state index contributed by atoms with van der Waals surface area (Å²) in [6, 6.07) is 5.29. The van der Waals surface area contributed by atoms with E-state index in [2.05, 4.69) is 5.32 Å². The van der Waals surface area contributed by atoms with E-state index in [9.17, 15) is 21.6 Å². The van der Waals surface area contributed by atoms with Crippen LogP contribution < -0.4 is 5.32 Å². The summed E-state index contributed by atoms with van der Waals surface area (Å²) in [5.74, 6) is 0.422. The van der Waals surface area contributed by atoms with Crippen molar-refractivity contribution in [2.45, 2.75) is 36.1 Å². The Bertz CT molecular complexity index is 666. The van der Waals surface area contributed by atoms with Gasteiger partial charge in [0.1, 0.15) is 0 Å². The zero-order chi connectivity index (χ0) is 16.0. The topological polar surface area (TPSA) is 46.2 Å². The molecule has 7 heteroatoms. The van der Waals surface area contributed by atoms with Crippen LogP contribution in [-0.4, -0.2) is 27.0 Å². The second kappa shape index (κ2) is 5.23. The molecule has 3 nitrogen and oxygen atoms in total. The van der Waals surface area contributed by atoms with Crippen LogP contribution >= 0.6 is 0 Å². The zero-order valence-corrected chi connectivity index (χ0v) is 12.8. The minimum atomic E-state index is -5.26. The van der Waals surface area contributed by atoms with Crippen LogP contribution in [-0.2, 0) is 16.3 Å². The lowest BCUT2D eigenvalue weighted by Crippen LogP contribution is -2.51. The molecule has 2 aliphatic rings. The summed E-state index contributed by atoms with van der Waals surface area (Å²) in [5.41, 5.74) is -4.21. The molecule has 1 aliphatic heterocycles. The highest BCUT2D eigenvalue weighted by molar-refractivity contribution is 7.92. The first-order valence-corrected chi connectivity index (χ1v) is 8.81. The minimum absolute atomic E-state index is 0.375. The summed E-state index contributed by atoms with van der Waals surface area (Å²) in [5, 5.41) is 3.27. The van der Waals surface area contributed by atoms with E-state index in [0.29, 0.717) is 23.3 Å². The van der Waals surface area contributed by atoms with Gasteiger partial charge in [-0.05, 0) is 54.7 Å². The number of rotatable bonds is 3. The van der Waals surface area contributed by atoms with Crippen LogP contribution in [0, 0.1) is 11.3 Å². The maximum atomic E-state index is 12.6. The first kappa shape index (κ1) is 15.8. The Balaban J connectivity index is 1.75. The fourth-order valence-corrected chi connectivity index (χ4v) is 4.44. The van der Waals surface area contributed by atoms with Gasteiger partial charge in [0.15, 0.2) is 0 Å². The maximum absolute atomic E-state index is 12.6. The average Bonchev–Trinajstić information content (AvgIpc) is 2.82. The zero-order valence-electron chi connectivity index (χ0n) is 12.0. The number of alkyl halides is 3. The molecule has 1 heterocycles. The van der Waals surface area contributed by atoms with Crippen molar-refractivity contribution in [3.8, 4) is 0 Å². The molecule has 1 saturated carbocycles. The molecule has 22 heavy (non-hydrogen) atoms. The minimum Gasteiger partial charge on any atom is -0.316 e. The van der Waals surface area contributed by atoms with E-state index in [1.54, 1.807) is 6.07 Å². The number of hydrogen-bond acceptors (Lipinski definition) is 3. The summed E-state index contributed by atoms with van der Waals surface area (Å²) < 4.78 is 60.8. The van der Waals surface area contributed by atoms with Crippen LogP contribution in [0.1, 0.15) is 24.8 Å². The normalized spacial score (nSPS) is 24.4. The summed E-state index contributed by atoms with van der Waals surface area (Å²) in [6.45, 7) is 2.04. The molecule has 1 spiro atoms. The van der Waals surface area contributed by atoms with Gasteiger partial charge in [0.25, 0.3) is 9.84 Å². The monoisotopic (exact) mass is 333 g/mol. The van der Waals surface area contributed by atoms with Gasteiger partial charge in [0.05, 0.1) is 4.90 Å². The molecule has 3 rings (SSSR count). The van der Waals surface area contributed by atoms with Crippen molar-refractivity contribution in [3.05, 3.63) is 29.8 Å². The first-order valence-electron chi connectivity index (χ1n) is 7.33. The van der Waals surface area contributed by atoms with Gasteiger partial charge in [-0.2, -0.15) is 13.2 Å². The van der Waals surface area contributed by atoms with Gasteiger partial charge in [-0.3, -0.25) is 0 Å². The van der Waals surface area contributed by atoms with Crippen LogP contribution in [0.4, 0.5) is 13.2 Å². The number of sulfone groups is 1. The number of benzene rings is 1. The Morgan fingerprint density at radius 2 is 2.00 bits per heavy atom. The van der Waals surface area contributed by atoms with Gasteiger partial charge < -0.3 is 5.32 Å². The molecule has 0 radical (unpaired) electrons. The van der Waals surface area contributed by atoms with E-state index in [4.69, 9.17) is 0 Å². The van der Waals surface area contributed by atoms with Gasteiger partial charge in [0.2, 0.25) is 0 Å². The van der Waals surface area contributed by atoms with Crippen molar-refractivity contribution in [1.29, 1.82) is 0 Å². The second-order valence-corrected chi connectivity index (χ2v) is 8.45. The molecule has 1 aromatic carbocycles. The maximum Gasteiger partial charge on any atom is 0.501 e. The Labute approximate surface area is 127 Å². The molecule has 1 saturated heterocycles. The molecule has 1 atom stereocenters. The Kier molecular flexibility index (Phi) is 3.76. The van der Waals surface area contributed by atoms with Crippen LogP contribution in [0.5, 0.6) is 0 Å². The molecule has 0 aromatic heterocycles. The van der Waals surface area contributed by atoms with Crippen LogP contribution in [0.25, 0.3) is 0 Å². The van der Waals surface area contributed by atoms with Crippen molar-refractivity contribution in [2.75, 3.05) is 13.1 Å². The Morgan fingerprint density at radius 3 is 2.55 bits per heavy atom. The molecular weight excluding hydrogens is 315 g/mol. The van der Waals surface area contributed by atoms with E-state index in [0.717, 1.165) is 38.4 Å². The third-order valence-electron chi connectivity index (χ3n) is 4.84. The van der Waals surface area contributed by atoms with Crippen molar-refractivity contribution in [2.24, 2.45) is 11.3 Å². The fourth-order valence-electron chi connectivity index (χ4n) is 3.61. The number of halogens is 3.